The van der Waals surface area contributed by atoms with Crippen LogP contribution in [-0.2, 0) is 9.59 Å². The lowest BCUT2D eigenvalue weighted by Gasteiger charge is -2.28. The largest absolute Gasteiger partial charge is 0.482 e. The van der Waals surface area contributed by atoms with E-state index in [4.69, 9.17) is 13.9 Å². The number of fused-ring (bicyclic) bond motifs is 4. The van der Waals surface area contributed by atoms with Gasteiger partial charge >= 0.3 is 5.97 Å². The number of rotatable bonds is 4. The van der Waals surface area contributed by atoms with Crippen LogP contribution in [0, 0.1) is 0 Å². The van der Waals surface area contributed by atoms with Crippen molar-refractivity contribution in [3.63, 3.8) is 0 Å². The molecule has 0 bridgehead atoms. The second kappa shape index (κ2) is 6.98. The normalized spacial score (nSPS) is 13.4. The highest BCUT2D eigenvalue weighted by Crippen LogP contribution is 2.32. The van der Waals surface area contributed by atoms with E-state index in [1.54, 1.807) is 35.2 Å². The monoisotopic (exact) mass is 387 g/mol. The number of anilines is 1. The summed E-state index contributed by atoms with van der Waals surface area (Å²) in [4.78, 5) is 26.2. The number of hydrogen-bond acceptors (Lipinski definition) is 5. The van der Waals surface area contributed by atoms with E-state index in [0.717, 1.165) is 21.9 Å². The maximum atomic E-state index is 12.4. The summed E-state index contributed by atoms with van der Waals surface area (Å²) in [6.45, 7) is 0.200. The molecule has 2 heterocycles. The molecule has 1 aliphatic rings. The third-order valence-electron chi connectivity index (χ3n) is 4.93. The van der Waals surface area contributed by atoms with Crippen molar-refractivity contribution < 1.29 is 23.5 Å². The summed E-state index contributed by atoms with van der Waals surface area (Å²) in [6, 6.07) is 20.3. The molecule has 6 nitrogen and oxygen atoms in total. The van der Waals surface area contributed by atoms with Crippen LogP contribution in [-0.4, -0.2) is 25.0 Å². The molecule has 0 fully saturated rings. The van der Waals surface area contributed by atoms with Gasteiger partial charge in [0, 0.05) is 17.3 Å². The van der Waals surface area contributed by atoms with E-state index < -0.39 is 5.97 Å². The molecule has 4 aromatic rings. The van der Waals surface area contributed by atoms with Crippen LogP contribution in [0.15, 0.2) is 71.1 Å². The Morgan fingerprint density at radius 1 is 0.966 bits per heavy atom. The number of benzene rings is 3. The van der Waals surface area contributed by atoms with Crippen LogP contribution in [0.3, 0.4) is 0 Å². The van der Waals surface area contributed by atoms with Gasteiger partial charge in [0.2, 0.25) is 0 Å². The lowest BCUT2D eigenvalue weighted by molar-refractivity contribution is -0.134. The lowest BCUT2D eigenvalue weighted by atomic mass is 10.1. The number of para-hydroxylation sites is 3. The Labute approximate surface area is 166 Å². The Morgan fingerprint density at radius 3 is 2.69 bits per heavy atom. The second-order valence-corrected chi connectivity index (χ2v) is 6.78. The molecular weight excluding hydrogens is 370 g/mol. The summed E-state index contributed by atoms with van der Waals surface area (Å²) in [6.07, 6.45) is 0.0737. The molecule has 3 aromatic carbocycles. The van der Waals surface area contributed by atoms with Crippen molar-refractivity contribution in [2.75, 3.05) is 18.1 Å². The van der Waals surface area contributed by atoms with Gasteiger partial charge in [0.1, 0.15) is 22.7 Å². The van der Waals surface area contributed by atoms with Gasteiger partial charge in [-0.3, -0.25) is 9.59 Å². The number of hydrogen-bond donors (Lipinski definition) is 0. The third kappa shape index (κ3) is 3.18. The van der Waals surface area contributed by atoms with Crippen molar-refractivity contribution in [3.8, 4) is 11.5 Å². The van der Waals surface area contributed by atoms with Gasteiger partial charge in [-0.15, -0.1) is 0 Å². The van der Waals surface area contributed by atoms with E-state index in [-0.39, 0.29) is 25.5 Å². The second-order valence-electron chi connectivity index (χ2n) is 6.78. The molecule has 0 N–H and O–H groups in total. The van der Waals surface area contributed by atoms with E-state index in [1.165, 1.54) is 0 Å². The van der Waals surface area contributed by atoms with Crippen molar-refractivity contribution in [1.82, 2.24) is 0 Å². The number of amides is 1. The number of carbonyl (C=O) groups excluding carboxylic acids is 2. The molecule has 144 valence electrons. The molecule has 1 aliphatic heterocycles. The molecule has 0 atom stereocenters. The van der Waals surface area contributed by atoms with Crippen molar-refractivity contribution in [2.24, 2.45) is 0 Å². The Kier molecular flexibility index (Phi) is 4.17. The maximum absolute atomic E-state index is 12.4. The zero-order valence-corrected chi connectivity index (χ0v) is 15.5. The Hall–Kier alpha value is -3.80. The van der Waals surface area contributed by atoms with Crippen LogP contribution >= 0.6 is 0 Å². The number of ether oxygens (including phenoxy) is 2. The Morgan fingerprint density at radius 2 is 1.76 bits per heavy atom. The first-order valence-corrected chi connectivity index (χ1v) is 9.33. The van der Waals surface area contributed by atoms with Gasteiger partial charge in [0.15, 0.2) is 6.61 Å². The highest BCUT2D eigenvalue weighted by Gasteiger charge is 2.25. The first-order chi connectivity index (χ1) is 14.2. The topological polar surface area (TPSA) is 69.0 Å². The summed E-state index contributed by atoms with van der Waals surface area (Å²) in [7, 11) is 0. The summed E-state index contributed by atoms with van der Waals surface area (Å²) < 4.78 is 16.7. The van der Waals surface area contributed by atoms with Gasteiger partial charge in [0.05, 0.1) is 12.1 Å². The maximum Gasteiger partial charge on any atom is 0.312 e. The van der Waals surface area contributed by atoms with Crippen molar-refractivity contribution in [2.45, 2.75) is 6.42 Å². The fraction of sp³-hybridized carbons (Fsp3) is 0.130. The smallest absolute Gasteiger partial charge is 0.312 e. The van der Waals surface area contributed by atoms with E-state index in [1.807, 2.05) is 36.4 Å². The standard InChI is InChI=1S/C23H17NO5/c25-22-14-27-21-8-4-2-6-18(21)24(22)12-11-23(26)28-15-9-10-20-17(13-15)16-5-1-3-7-19(16)29-20/h1-10,13H,11-12,14H2. The highest BCUT2D eigenvalue weighted by molar-refractivity contribution is 6.05. The predicted octanol–water partition coefficient (Wildman–Crippen LogP) is 4.31. The summed E-state index contributed by atoms with van der Waals surface area (Å²) in [5, 5.41) is 1.86. The highest BCUT2D eigenvalue weighted by atomic mass is 16.5. The molecule has 1 amide bonds. The number of furan rings is 1. The molecule has 0 saturated carbocycles. The quantitative estimate of drug-likeness (QED) is 0.386. The number of esters is 1. The predicted molar refractivity (Wildman–Crippen MR) is 108 cm³/mol. The number of nitrogens with zero attached hydrogens (tertiary/aromatic N) is 1. The van der Waals surface area contributed by atoms with Gasteiger partial charge in [-0.05, 0) is 36.4 Å². The average molecular weight is 387 g/mol. The summed E-state index contributed by atoms with van der Waals surface area (Å²) in [5.41, 5.74) is 2.19. The fourth-order valence-corrected chi connectivity index (χ4v) is 3.55. The van der Waals surface area contributed by atoms with Gasteiger partial charge in [-0.25, -0.2) is 0 Å². The minimum absolute atomic E-state index is 0.0315. The van der Waals surface area contributed by atoms with Gasteiger partial charge in [-0.1, -0.05) is 30.3 Å². The number of carbonyl (C=O) groups is 2. The Balaban J connectivity index is 1.31. The molecule has 29 heavy (non-hydrogen) atoms. The van der Waals surface area contributed by atoms with Crippen LogP contribution in [0.4, 0.5) is 5.69 Å². The van der Waals surface area contributed by atoms with Gasteiger partial charge in [-0.2, -0.15) is 0 Å². The molecular formula is C23H17NO5. The fourth-order valence-electron chi connectivity index (χ4n) is 3.55. The molecule has 0 saturated heterocycles. The van der Waals surface area contributed by atoms with Crippen molar-refractivity contribution >= 4 is 39.5 Å². The lowest BCUT2D eigenvalue weighted by Crippen LogP contribution is -2.40. The molecule has 1 aromatic heterocycles. The molecule has 0 radical (unpaired) electrons. The van der Waals surface area contributed by atoms with E-state index >= 15 is 0 Å². The average Bonchev–Trinajstić information content (AvgIpc) is 3.11. The van der Waals surface area contributed by atoms with E-state index in [0.29, 0.717) is 17.2 Å². The molecule has 5 rings (SSSR count). The first-order valence-electron chi connectivity index (χ1n) is 9.33. The molecule has 0 unspecified atom stereocenters. The minimum atomic E-state index is -0.408. The molecule has 6 heteroatoms. The van der Waals surface area contributed by atoms with Crippen LogP contribution in [0.25, 0.3) is 21.9 Å². The molecule has 0 spiro atoms. The van der Waals surface area contributed by atoms with E-state index in [2.05, 4.69) is 0 Å². The van der Waals surface area contributed by atoms with Gasteiger partial charge < -0.3 is 18.8 Å². The molecule has 0 aliphatic carbocycles. The third-order valence-corrected chi connectivity index (χ3v) is 4.93. The zero-order valence-electron chi connectivity index (χ0n) is 15.5. The van der Waals surface area contributed by atoms with Gasteiger partial charge in [0.25, 0.3) is 5.91 Å². The SMILES string of the molecule is O=C(CCN1C(=O)COc2ccccc21)Oc1ccc2oc3ccccc3c2c1. The van der Waals surface area contributed by atoms with Crippen molar-refractivity contribution in [1.29, 1.82) is 0 Å². The van der Waals surface area contributed by atoms with Crippen LogP contribution < -0.4 is 14.4 Å². The van der Waals surface area contributed by atoms with Crippen LogP contribution in [0.2, 0.25) is 0 Å². The first kappa shape index (κ1) is 17.3. The van der Waals surface area contributed by atoms with Crippen LogP contribution in [0.1, 0.15) is 6.42 Å². The van der Waals surface area contributed by atoms with Crippen LogP contribution in [0.5, 0.6) is 11.5 Å². The Bertz CT molecular complexity index is 1240. The zero-order chi connectivity index (χ0) is 19.8. The van der Waals surface area contributed by atoms with E-state index in [9.17, 15) is 9.59 Å². The summed E-state index contributed by atoms with van der Waals surface area (Å²) in [5.74, 6) is 0.497. The van der Waals surface area contributed by atoms with Crippen molar-refractivity contribution in [3.05, 3.63) is 66.7 Å². The minimum Gasteiger partial charge on any atom is -0.482 e. The summed E-state index contributed by atoms with van der Waals surface area (Å²) >= 11 is 0.